The lowest BCUT2D eigenvalue weighted by Gasteiger charge is -2.15. The molecule has 1 atom stereocenters. The van der Waals surface area contributed by atoms with Crippen molar-refractivity contribution in [3.05, 3.63) is 93.3 Å². The van der Waals surface area contributed by atoms with E-state index in [2.05, 4.69) is 73.1 Å². The van der Waals surface area contributed by atoms with Crippen molar-refractivity contribution in [1.29, 1.82) is 0 Å². The number of nitrogens with zero attached hydrogens (tertiary/aromatic N) is 1. The Kier molecular flexibility index (Phi) is 7.34. The zero-order chi connectivity index (χ0) is 22.5. The zero-order valence-corrected chi connectivity index (χ0v) is 19.3. The van der Waals surface area contributed by atoms with Crippen LogP contribution < -0.4 is 5.32 Å². The molecule has 0 aliphatic carbocycles. The van der Waals surface area contributed by atoms with Crippen LogP contribution in [0, 0.1) is 27.7 Å². The first-order chi connectivity index (χ1) is 14.8. The minimum absolute atomic E-state index is 0.295. The molecule has 3 aromatic rings. The summed E-state index contributed by atoms with van der Waals surface area (Å²) < 4.78 is 2.15. The maximum Gasteiger partial charge on any atom is 0.337 e. The Balaban J connectivity index is 1.77. The molecule has 4 nitrogen and oxygen atoms in total. The minimum Gasteiger partial charge on any atom is -0.478 e. The van der Waals surface area contributed by atoms with Gasteiger partial charge in [0.05, 0.1) is 5.56 Å². The largest absolute Gasteiger partial charge is 0.478 e. The number of rotatable bonds is 9. The van der Waals surface area contributed by atoms with Crippen molar-refractivity contribution in [3.63, 3.8) is 0 Å². The Morgan fingerprint density at radius 2 is 1.74 bits per heavy atom. The molecule has 0 saturated carbocycles. The van der Waals surface area contributed by atoms with Crippen molar-refractivity contribution < 1.29 is 9.90 Å². The Labute approximate surface area is 185 Å². The summed E-state index contributed by atoms with van der Waals surface area (Å²) >= 11 is 0. The lowest BCUT2D eigenvalue weighted by molar-refractivity contribution is 0.0694. The first kappa shape index (κ1) is 22.8. The highest BCUT2D eigenvalue weighted by molar-refractivity contribution is 5.91. The number of hydrogen-bond donors (Lipinski definition) is 2. The maximum absolute atomic E-state index is 12.1. The van der Waals surface area contributed by atoms with Crippen LogP contribution in [0.2, 0.25) is 0 Å². The number of aromatic carboxylic acids is 1. The summed E-state index contributed by atoms with van der Waals surface area (Å²) in [4.78, 5) is 12.1. The van der Waals surface area contributed by atoms with E-state index in [4.69, 9.17) is 0 Å². The van der Waals surface area contributed by atoms with E-state index in [1.54, 1.807) is 0 Å². The van der Waals surface area contributed by atoms with Gasteiger partial charge in [0.25, 0.3) is 0 Å². The molecule has 2 N–H and O–H groups in total. The quantitative estimate of drug-likeness (QED) is 0.477. The second-order valence-electron chi connectivity index (χ2n) is 8.65. The van der Waals surface area contributed by atoms with Gasteiger partial charge in [-0.25, -0.2) is 4.79 Å². The van der Waals surface area contributed by atoms with Gasteiger partial charge in [-0.15, -0.1) is 0 Å². The highest BCUT2D eigenvalue weighted by atomic mass is 16.4. The van der Waals surface area contributed by atoms with Crippen molar-refractivity contribution >= 4 is 5.97 Å². The average molecular weight is 419 g/mol. The van der Waals surface area contributed by atoms with Gasteiger partial charge in [-0.3, -0.25) is 0 Å². The fraction of sp³-hybridized carbons (Fsp3) is 0.370. The van der Waals surface area contributed by atoms with E-state index in [0.717, 1.165) is 29.8 Å². The van der Waals surface area contributed by atoms with Crippen molar-refractivity contribution in [2.45, 2.75) is 66.6 Å². The third-order valence-electron chi connectivity index (χ3n) is 6.29. The summed E-state index contributed by atoms with van der Waals surface area (Å²) in [6, 6.07) is 17.2. The molecular weight excluding hydrogens is 384 g/mol. The number of hydrogen-bond acceptors (Lipinski definition) is 2. The van der Waals surface area contributed by atoms with Crippen LogP contribution in [0.25, 0.3) is 0 Å². The van der Waals surface area contributed by atoms with Crippen molar-refractivity contribution in [2.75, 3.05) is 0 Å². The van der Waals surface area contributed by atoms with Gasteiger partial charge in [0.1, 0.15) is 0 Å². The number of carboxylic acids is 1. The molecule has 1 heterocycles. The summed E-state index contributed by atoms with van der Waals surface area (Å²) in [6.45, 7) is 11.6. The predicted molar refractivity (Wildman–Crippen MR) is 127 cm³/mol. The highest BCUT2D eigenvalue weighted by Crippen LogP contribution is 2.25. The normalized spacial score (nSPS) is 12.2. The summed E-state index contributed by atoms with van der Waals surface area (Å²) in [5.74, 6) is -0.853. The first-order valence-electron chi connectivity index (χ1n) is 11.0. The van der Waals surface area contributed by atoms with Gasteiger partial charge in [-0.2, -0.15) is 0 Å². The van der Waals surface area contributed by atoms with Crippen molar-refractivity contribution in [3.8, 4) is 0 Å². The van der Waals surface area contributed by atoms with Gasteiger partial charge in [0, 0.05) is 36.1 Å². The van der Waals surface area contributed by atoms with Crippen LogP contribution in [0.1, 0.15) is 62.9 Å². The zero-order valence-electron chi connectivity index (χ0n) is 19.3. The van der Waals surface area contributed by atoms with E-state index in [1.165, 1.54) is 22.3 Å². The van der Waals surface area contributed by atoms with Crippen LogP contribution >= 0.6 is 0 Å². The number of aromatic nitrogens is 1. The van der Waals surface area contributed by atoms with Gasteiger partial charge in [-0.05, 0) is 64.2 Å². The molecule has 2 aromatic carbocycles. The van der Waals surface area contributed by atoms with Crippen LogP contribution in [0.5, 0.6) is 0 Å². The lowest BCUT2D eigenvalue weighted by Crippen LogP contribution is -2.27. The molecule has 0 aliphatic heterocycles. The number of carbonyl (C=O) groups is 1. The molecule has 0 aliphatic rings. The molecule has 0 radical (unpaired) electrons. The van der Waals surface area contributed by atoms with Crippen LogP contribution in [-0.4, -0.2) is 21.7 Å². The number of nitrogens with one attached hydrogen (secondary N) is 1. The van der Waals surface area contributed by atoms with Crippen molar-refractivity contribution in [1.82, 2.24) is 9.88 Å². The summed E-state index contributed by atoms with van der Waals surface area (Å²) in [6.07, 6.45) is 2.01. The molecular formula is C27H34N2O2. The number of benzene rings is 2. The lowest BCUT2D eigenvalue weighted by atomic mass is 10.1. The van der Waals surface area contributed by atoms with Gasteiger partial charge in [-0.1, -0.05) is 54.1 Å². The number of aryl methyl sites for hydroxylation is 3. The third-order valence-corrected chi connectivity index (χ3v) is 6.29. The van der Waals surface area contributed by atoms with Gasteiger partial charge in [0.2, 0.25) is 0 Å². The Morgan fingerprint density at radius 1 is 1.03 bits per heavy atom. The molecule has 3 rings (SSSR count). The van der Waals surface area contributed by atoms with E-state index in [9.17, 15) is 9.90 Å². The van der Waals surface area contributed by atoms with Crippen LogP contribution in [0.3, 0.4) is 0 Å². The average Bonchev–Trinajstić information content (AvgIpc) is 2.98. The Hall–Kier alpha value is -2.85. The second-order valence-corrected chi connectivity index (χ2v) is 8.65. The SMILES string of the molecule is Cc1ccc(C)c(Cn2c(C)c(CN[C@H](C)CCc3ccccc3)c(C(=O)O)c2C)c1. The van der Waals surface area contributed by atoms with Gasteiger partial charge in [0.15, 0.2) is 0 Å². The minimum atomic E-state index is -0.853. The fourth-order valence-electron chi connectivity index (χ4n) is 4.23. The number of carboxylic acid groups (broad SMARTS) is 1. The molecule has 164 valence electrons. The predicted octanol–water partition coefficient (Wildman–Crippen LogP) is 5.58. The smallest absolute Gasteiger partial charge is 0.337 e. The Morgan fingerprint density at radius 3 is 2.42 bits per heavy atom. The topological polar surface area (TPSA) is 54.3 Å². The van der Waals surface area contributed by atoms with E-state index >= 15 is 0 Å². The fourth-order valence-corrected chi connectivity index (χ4v) is 4.23. The van der Waals surface area contributed by atoms with Crippen LogP contribution in [-0.2, 0) is 19.5 Å². The summed E-state index contributed by atoms with van der Waals surface area (Å²) in [7, 11) is 0. The third kappa shape index (κ3) is 5.45. The Bertz CT molecular complexity index is 1050. The standard InChI is InChI=1S/C27H34N2O2/c1-18-11-12-19(2)24(15-18)17-29-21(4)25(26(22(29)5)27(30)31)16-28-20(3)13-14-23-9-7-6-8-10-23/h6-12,15,20,28H,13-14,16-17H2,1-5H3,(H,30,31)/t20-/m1/s1. The molecule has 0 spiro atoms. The molecule has 31 heavy (non-hydrogen) atoms. The van der Waals surface area contributed by atoms with E-state index in [1.807, 2.05) is 19.9 Å². The van der Waals surface area contributed by atoms with Gasteiger partial charge >= 0.3 is 5.97 Å². The molecule has 1 aromatic heterocycles. The highest BCUT2D eigenvalue weighted by Gasteiger charge is 2.23. The van der Waals surface area contributed by atoms with Crippen molar-refractivity contribution in [2.24, 2.45) is 0 Å². The molecule has 0 amide bonds. The van der Waals surface area contributed by atoms with E-state index in [-0.39, 0.29) is 0 Å². The molecule has 0 fully saturated rings. The molecule has 0 bridgehead atoms. The second kappa shape index (κ2) is 9.97. The first-order valence-corrected chi connectivity index (χ1v) is 11.0. The molecule has 4 heteroatoms. The summed E-state index contributed by atoms with van der Waals surface area (Å²) in [5.41, 5.74) is 8.17. The molecule has 0 saturated heterocycles. The van der Waals surface area contributed by atoms with Crippen LogP contribution in [0.4, 0.5) is 0 Å². The maximum atomic E-state index is 12.1. The van der Waals surface area contributed by atoms with E-state index < -0.39 is 5.97 Å². The van der Waals surface area contributed by atoms with E-state index in [0.29, 0.717) is 24.7 Å². The van der Waals surface area contributed by atoms with Gasteiger partial charge < -0.3 is 15.0 Å². The van der Waals surface area contributed by atoms with Crippen LogP contribution in [0.15, 0.2) is 48.5 Å². The molecule has 0 unspecified atom stereocenters. The summed E-state index contributed by atoms with van der Waals surface area (Å²) in [5, 5.41) is 13.5. The monoisotopic (exact) mass is 418 g/mol.